The lowest BCUT2D eigenvalue weighted by atomic mass is 9.95. The van der Waals surface area contributed by atoms with Gasteiger partial charge in [0.25, 0.3) is 0 Å². The lowest BCUT2D eigenvalue weighted by molar-refractivity contribution is 0.546. The van der Waals surface area contributed by atoms with E-state index >= 15 is 0 Å². The quantitative estimate of drug-likeness (QED) is 0.709. The summed E-state index contributed by atoms with van der Waals surface area (Å²) in [6.07, 6.45) is 5.91. The van der Waals surface area contributed by atoms with E-state index < -0.39 is 0 Å². The third-order valence-electron chi connectivity index (χ3n) is 3.37. The topological polar surface area (TPSA) is 49.8 Å². The summed E-state index contributed by atoms with van der Waals surface area (Å²) in [6, 6.07) is 0. The molecule has 5 heteroatoms. The SMILES string of the molecule is CNc1nc(C(C)(C)C)nc(NCCCCCSC)c1C. The first-order valence-electron chi connectivity index (χ1n) is 7.69. The molecule has 21 heavy (non-hydrogen) atoms. The summed E-state index contributed by atoms with van der Waals surface area (Å²) in [5, 5.41) is 6.65. The molecule has 0 bridgehead atoms. The van der Waals surface area contributed by atoms with Gasteiger partial charge in [0.1, 0.15) is 17.5 Å². The van der Waals surface area contributed by atoms with Crippen molar-refractivity contribution in [3.05, 3.63) is 11.4 Å². The highest BCUT2D eigenvalue weighted by molar-refractivity contribution is 7.98. The third-order valence-corrected chi connectivity index (χ3v) is 4.07. The molecule has 1 rings (SSSR count). The fourth-order valence-corrected chi connectivity index (χ4v) is 2.52. The normalized spacial score (nSPS) is 11.5. The van der Waals surface area contributed by atoms with Gasteiger partial charge in [0.05, 0.1) is 0 Å². The zero-order valence-corrected chi connectivity index (χ0v) is 15.2. The van der Waals surface area contributed by atoms with Gasteiger partial charge in [0.15, 0.2) is 0 Å². The van der Waals surface area contributed by atoms with Gasteiger partial charge in [-0.2, -0.15) is 11.8 Å². The van der Waals surface area contributed by atoms with Gasteiger partial charge >= 0.3 is 0 Å². The van der Waals surface area contributed by atoms with Gasteiger partial charge in [-0.1, -0.05) is 27.2 Å². The Kier molecular flexibility index (Phi) is 7.29. The van der Waals surface area contributed by atoms with E-state index in [1.807, 2.05) is 18.8 Å². The van der Waals surface area contributed by atoms with Crippen LogP contribution in [-0.2, 0) is 5.41 Å². The molecule has 0 saturated heterocycles. The lowest BCUT2D eigenvalue weighted by Crippen LogP contribution is -2.19. The fourth-order valence-electron chi connectivity index (χ4n) is 2.02. The Labute approximate surface area is 133 Å². The largest absolute Gasteiger partial charge is 0.373 e. The highest BCUT2D eigenvalue weighted by Gasteiger charge is 2.20. The van der Waals surface area contributed by atoms with E-state index in [-0.39, 0.29) is 5.41 Å². The Morgan fingerprint density at radius 2 is 1.71 bits per heavy atom. The van der Waals surface area contributed by atoms with Crippen LogP contribution in [0.1, 0.15) is 51.4 Å². The van der Waals surface area contributed by atoms with Crippen molar-refractivity contribution in [1.82, 2.24) is 9.97 Å². The fraction of sp³-hybridized carbons (Fsp3) is 0.750. The molecule has 0 atom stereocenters. The van der Waals surface area contributed by atoms with Crippen molar-refractivity contribution in [2.75, 3.05) is 36.2 Å². The first-order valence-corrected chi connectivity index (χ1v) is 9.09. The number of unbranched alkanes of at least 4 members (excludes halogenated alkanes) is 2. The van der Waals surface area contributed by atoms with Gasteiger partial charge in [-0.3, -0.25) is 0 Å². The second-order valence-electron chi connectivity index (χ2n) is 6.35. The first kappa shape index (κ1) is 18.1. The van der Waals surface area contributed by atoms with Crippen molar-refractivity contribution in [1.29, 1.82) is 0 Å². The monoisotopic (exact) mass is 310 g/mol. The number of hydrogen-bond donors (Lipinski definition) is 2. The summed E-state index contributed by atoms with van der Waals surface area (Å²) in [6.45, 7) is 9.46. The van der Waals surface area contributed by atoms with E-state index in [1.165, 1.54) is 25.0 Å². The van der Waals surface area contributed by atoms with Crippen molar-refractivity contribution in [2.24, 2.45) is 0 Å². The lowest BCUT2D eigenvalue weighted by Gasteiger charge is -2.20. The van der Waals surface area contributed by atoms with E-state index in [1.54, 1.807) is 0 Å². The van der Waals surface area contributed by atoms with E-state index in [2.05, 4.69) is 49.6 Å². The van der Waals surface area contributed by atoms with Gasteiger partial charge in [0.2, 0.25) is 0 Å². The first-order chi connectivity index (χ1) is 9.90. The average molecular weight is 311 g/mol. The molecule has 1 aromatic heterocycles. The molecule has 1 heterocycles. The maximum absolute atomic E-state index is 4.72. The van der Waals surface area contributed by atoms with E-state index in [4.69, 9.17) is 4.98 Å². The summed E-state index contributed by atoms with van der Waals surface area (Å²) < 4.78 is 0. The molecule has 0 radical (unpaired) electrons. The Hall–Kier alpha value is -0.970. The van der Waals surface area contributed by atoms with Crippen LogP contribution in [0.5, 0.6) is 0 Å². The molecule has 0 saturated carbocycles. The highest BCUT2D eigenvalue weighted by atomic mass is 32.2. The molecule has 0 aromatic carbocycles. The maximum Gasteiger partial charge on any atom is 0.138 e. The van der Waals surface area contributed by atoms with Crippen LogP contribution in [0.25, 0.3) is 0 Å². The van der Waals surface area contributed by atoms with Gasteiger partial charge in [-0.15, -0.1) is 0 Å². The van der Waals surface area contributed by atoms with Crippen LogP contribution in [0, 0.1) is 6.92 Å². The number of thioether (sulfide) groups is 1. The predicted molar refractivity (Wildman–Crippen MR) is 95.7 cm³/mol. The van der Waals surface area contributed by atoms with Crippen LogP contribution in [0.4, 0.5) is 11.6 Å². The minimum Gasteiger partial charge on any atom is -0.373 e. The molecular formula is C16H30N4S. The third kappa shape index (κ3) is 5.73. The van der Waals surface area contributed by atoms with Gasteiger partial charge < -0.3 is 10.6 Å². The summed E-state index contributed by atoms with van der Waals surface area (Å²) >= 11 is 1.92. The zero-order valence-electron chi connectivity index (χ0n) is 14.3. The molecule has 4 nitrogen and oxygen atoms in total. The second kappa shape index (κ2) is 8.47. The number of aromatic nitrogens is 2. The second-order valence-corrected chi connectivity index (χ2v) is 7.34. The average Bonchev–Trinajstić information content (AvgIpc) is 2.43. The van der Waals surface area contributed by atoms with Crippen molar-refractivity contribution in [3.63, 3.8) is 0 Å². The molecule has 0 unspecified atom stereocenters. The van der Waals surface area contributed by atoms with E-state index in [0.29, 0.717) is 0 Å². The molecule has 0 aliphatic heterocycles. The van der Waals surface area contributed by atoms with Crippen molar-refractivity contribution in [2.45, 2.75) is 52.4 Å². The van der Waals surface area contributed by atoms with Crippen LogP contribution < -0.4 is 10.6 Å². The molecule has 0 fully saturated rings. The molecule has 2 N–H and O–H groups in total. The molecule has 0 aliphatic rings. The van der Waals surface area contributed by atoms with Gasteiger partial charge in [0, 0.05) is 24.6 Å². The molecule has 0 spiro atoms. The van der Waals surface area contributed by atoms with Crippen LogP contribution in [0.15, 0.2) is 0 Å². The van der Waals surface area contributed by atoms with Crippen molar-refractivity contribution < 1.29 is 0 Å². The van der Waals surface area contributed by atoms with E-state index in [9.17, 15) is 0 Å². The van der Waals surface area contributed by atoms with Crippen molar-refractivity contribution >= 4 is 23.4 Å². The highest BCUT2D eigenvalue weighted by Crippen LogP contribution is 2.26. The summed E-state index contributed by atoms with van der Waals surface area (Å²) in [5.41, 5.74) is 1.04. The van der Waals surface area contributed by atoms with Gasteiger partial charge in [-0.05, 0) is 31.8 Å². The van der Waals surface area contributed by atoms with E-state index in [0.717, 1.165) is 29.6 Å². The summed E-state index contributed by atoms with van der Waals surface area (Å²) in [4.78, 5) is 9.35. The Balaban J connectivity index is 2.72. The Morgan fingerprint density at radius 3 is 2.29 bits per heavy atom. The number of nitrogens with one attached hydrogen (secondary N) is 2. The number of hydrogen-bond acceptors (Lipinski definition) is 5. The Morgan fingerprint density at radius 1 is 1.05 bits per heavy atom. The zero-order chi connectivity index (χ0) is 15.9. The summed E-state index contributed by atoms with van der Waals surface area (Å²) in [7, 11) is 1.91. The number of anilines is 2. The molecule has 120 valence electrons. The number of rotatable bonds is 8. The Bertz CT molecular complexity index is 441. The van der Waals surface area contributed by atoms with Crippen LogP contribution in [0.2, 0.25) is 0 Å². The van der Waals surface area contributed by atoms with Crippen LogP contribution >= 0.6 is 11.8 Å². The number of nitrogens with zero attached hydrogens (tertiary/aromatic N) is 2. The minimum atomic E-state index is -0.0475. The smallest absolute Gasteiger partial charge is 0.138 e. The van der Waals surface area contributed by atoms with Crippen LogP contribution in [0.3, 0.4) is 0 Å². The molecule has 0 aliphatic carbocycles. The summed E-state index contributed by atoms with van der Waals surface area (Å²) in [5.74, 6) is 4.01. The van der Waals surface area contributed by atoms with Crippen LogP contribution in [-0.4, -0.2) is 35.6 Å². The minimum absolute atomic E-state index is 0.0475. The van der Waals surface area contributed by atoms with Crippen molar-refractivity contribution in [3.8, 4) is 0 Å². The standard InChI is InChI=1S/C16H30N4S/c1-12-13(17-5)19-15(16(2,3)4)20-14(12)18-10-8-7-9-11-21-6/h7-11H2,1-6H3,(H2,17,18,19,20). The maximum atomic E-state index is 4.72. The predicted octanol–water partition coefficient (Wildman–Crippen LogP) is 4.07. The molecule has 0 amide bonds. The molecule has 1 aromatic rings. The molecular weight excluding hydrogens is 280 g/mol. The van der Waals surface area contributed by atoms with Gasteiger partial charge in [-0.25, -0.2) is 9.97 Å².